The molecule has 1 saturated heterocycles. The van der Waals surface area contributed by atoms with Crippen LogP contribution < -0.4 is 10.4 Å². The minimum atomic E-state index is -0.543. The Morgan fingerprint density at radius 2 is 2.17 bits per heavy atom. The van der Waals surface area contributed by atoms with Crippen molar-refractivity contribution in [2.24, 2.45) is 5.92 Å². The number of benzene rings is 1. The molecule has 4 heteroatoms. The van der Waals surface area contributed by atoms with Crippen molar-refractivity contribution in [2.75, 3.05) is 11.6 Å². The molecule has 1 fully saturated rings. The summed E-state index contributed by atoms with van der Waals surface area (Å²) in [5, 5.41) is 11.8. The summed E-state index contributed by atoms with van der Waals surface area (Å²) in [6.07, 6.45) is 2.14. The average molecular weight is 248 g/mol. The number of nitrogens with one attached hydrogen (secondary N) is 1. The number of carbonyl (C=O) groups is 1. The van der Waals surface area contributed by atoms with Crippen LogP contribution in [-0.2, 0) is 4.79 Å². The highest BCUT2D eigenvalue weighted by Gasteiger charge is 2.35. The van der Waals surface area contributed by atoms with E-state index in [-0.39, 0.29) is 11.8 Å². The van der Waals surface area contributed by atoms with Gasteiger partial charge in [0, 0.05) is 0 Å². The molecule has 0 aliphatic carbocycles. The van der Waals surface area contributed by atoms with Gasteiger partial charge in [0.1, 0.15) is 0 Å². The van der Waals surface area contributed by atoms with Crippen molar-refractivity contribution in [1.29, 1.82) is 0 Å². The highest BCUT2D eigenvalue weighted by Crippen LogP contribution is 2.22. The third-order valence-corrected chi connectivity index (χ3v) is 3.35. The van der Waals surface area contributed by atoms with Crippen molar-refractivity contribution < 1.29 is 9.90 Å². The summed E-state index contributed by atoms with van der Waals surface area (Å²) in [6.45, 7) is 2.62. The van der Waals surface area contributed by atoms with Crippen LogP contribution in [0.15, 0.2) is 30.3 Å². The molecule has 1 aromatic rings. The molecule has 1 aliphatic heterocycles. The molecule has 2 rings (SSSR count). The Labute approximate surface area is 108 Å². The van der Waals surface area contributed by atoms with Gasteiger partial charge in [0.15, 0.2) is 0 Å². The Kier molecular flexibility index (Phi) is 4.20. The summed E-state index contributed by atoms with van der Waals surface area (Å²) in [4.78, 5) is 11.8. The second-order valence-corrected chi connectivity index (χ2v) is 4.74. The molecule has 1 heterocycles. The van der Waals surface area contributed by atoms with Crippen molar-refractivity contribution in [3.05, 3.63) is 30.3 Å². The lowest BCUT2D eigenvalue weighted by Gasteiger charge is -2.18. The maximum Gasteiger partial charge on any atom is 0.246 e. The standard InChI is InChI=1S/C14H20N2O2/c1-2-3-9-13(17)12-10-16(15-14(12)18)11-7-5-4-6-8-11/h4-8,12-13,17H,2-3,9-10H2,1H3,(H,15,18). The van der Waals surface area contributed by atoms with E-state index < -0.39 is 6.10 Å². The SMILES string of the molecule is CCCCC(O)C1CN(c2ccccc2)NC1=O. The molecule has 1 aromatic carbocycles. The number of nitrogens with zero attached hydrogens (tertiary/aromatic N) is 1. The minimum Gasteiger partial charge on any atom is -0.392 e. The maximum atomic E-state index is 11.8. The van der Waals surface area contributed by atoms with Crippen molar-refractivity contribution in [3.8, 4) is 0 Å². The topological polar surface area (TPSA) is 52.6 Å². The lowest BCUT2D eigenvalue weighted by Crippen LogP contribution is -2.33. The lowest BCUT2D eigenvalue weighted by atomic mass is 9.98. The van der Waals surface area contributed by atoms with E-state index in [1.165, 1.54) is 0 Å². The number of aliphatic hydroxyl groups is 1. The highest BCUT2D eigenvalue weighted by atomic mass is 16.3. The van der Waals surface area contributed by atoms with Crippen molar-refractivity contribution in [1.82, 2.24) is 5.43 Å². The van der Waals surface area contributed by atoms with Gasteiger partial charge in [-0.3, -0.25) is 15.2 Å². The lowest BCUT2D eigenvalue weighted by molar-refractivity contribution is -0.125. The Hall–Kier alpha value is -1.55. The molecular weight excluding hydrogens is 228 g/mol. The van der Waals surface area contributed by atoms with Gasteiger partial charge in [-0.15, -0.1) is 0 Å². The zero-order chi connectivity index (χ0) is 13.0. The predicted octanol–water partition coefficient (Wildman–Crippen LogP) is 1.71. The minimum absolute atomic E-state index is 0.0811. The van der Waals surface area contributed by atoms with Gasteiger partial charge in [0.2, 0.25) is 5.91 Å². The number of hydrogen-bond acceptors (Lipinski definition) is 3. The van der Waals surface area contributed by atoms with E-state index in [0.717, 1.165) is 18.5 Å². The van der Waals surface area contributed by atoms with Crippen LogP contribution in [0.1, 0.15) is 26.2 Å². The molecule has 4 nitrogen and oxygen atoms in total. The maximum absolute atomic E-state index is 11.8. The number of rotatable bonds is 5. The zero-order valence-electron chi connectivity index (χ0n) is 10.7. The Bertz CT molecular complexity index is 394. The Morgan fingerprint density at radius 3 is 2.83 bits per heavy atom. The second-order valence-electron chi connectivity index (χ2n) is 4.74. The van der Waals surface area contributed by atoms with Gasteiger partial charge < -0.3 is 5.11 Å². The normalized spacial score (nSPS) is 20.9. The van der Waals surface area contributed by atoms with E-state index in [0.29, 0.717) is 13.0 Å². The third kappa shape index (κ3) is 2.82. The number of para-hydroxylation sites is 1. The molecule has 0 bridgehead atoms. The van der Waals surface area contributed by atoms with Crippen LogP contribution in [0.4, 0.5) is 5.69 Å². The fourth-order valence-corrected chi connectivity index (χ4v) is 2.23. The van der Waals surface area contributed by atoms with Gasteiger partial charge in [-0.1, -0.05) is 38.0 Å². The molecule has 1 aliphatic rings. The molecule has 1 amide bonds. The second kappa shape index (κ2) is 5.87. The van der Waals surface area contributed by atoms with Crippen LogP contribution in [0.2, 0.25) is 0 Å². The van der Waals surface area contributed by atoms with Gasteiger partial charge in [0.05, 0.1) is 24.3 Å². The molecule has 0 saturated carbocycles. The summed E-state index contributed by atoms with van der Waals surface area (Å²) in [5.41, 5.74) is 3.77. The van der Waals surface area contributed by atoms with Crippen LogP contribution in [0.25, 0.3) is 0 Å². The first kappa shape index (κ1) is 12.9. The number of carbonyl (C=O) groups excluding carboxylic acids is 1. The van der Waals surface area contributed by atoms with Gasteiger partial charge in [-0.05, 0) is 18.6 Å². The van der Waals surface area contributed by atoms with E-state index in [4.69, 9.17) is 0 Å². The number of aliphatic hydroxyl groups excluding tert-OH is 1. The highest BCUT2D eigenvalue weighted by molar-refractivity contribution is 5.84. The number of amides is 1. The number of unbranched alkanes of at least 4 members (excludes halogenated alkanes) is 1. The Morgan fingerprint density at radius 1 is 1.44 bits per heavy atom. The van der Waals surface area contributed by atoms with E-state index in [1.54, 1.807) is 0 Å². The molecule has 0 aromatic heterocycles. The van der Waals surface area contributed by atoms with Crippen LogP contribution in [0.3, 0.4) is 0 Å². The van der Waals surface area contributed by atoms with Gasteiger partial charge in [0.25, 0.3) is 0 Å². The van der Waals surface area contributed by atoms with Gasteiger partial charge in [-0.2, -0.15) is 0 Å². The van der Waals surface area contributed by atoms with Crippen LogP contribution in [0, 0.1) is 5.92 Å². The smallest absolute Gasteiger partial charge is 0.246 e. The quantitative estimate of drug-likeness (QED) is 0.834. The number of anilines is 1. The van der Waals surface area contributed by atoms with E-state index in [2.05, 4.69) is 12.3 Å². The predicted molar refractivity (Wildman–Crippen MR) is 71.0 cm³/mol. The summed E-state index contributed by atoms with van der Waals surface area (Å²) in [7, 11) is 0. The zero-order valence-corrected chi connectivity index (χ0v) is 10.7. The van der Waals surface area contributed by atoms with E-state index >= 15 is 0 Å². The first-order chi connectivity index (χ1) is 8.72. The number of hydrogen-bond donors (Lipinski definition) is 2. The fourth-order valence-electron chi connectivity index (χ4n) is 2.23. The molecule has 2 unspecified atom stereocenters. The van der Waals surface area contributed by atoms with E-state index in [9.17, 15) is 9.90 Å². The van der Waals surface area contributed by atoms with Gasteiger partial charge in [-0.25, -0.2) is 0 Å². The molecule has 98 valence electrons. The summed E-state index contributed by atoms with van der Waals surface area (Å²) >= 11 is 0. The molecule has 2 N–H and O–H groups in total. The summed E-state index contributed by atoms with van der Waals surface area (Å²) < 4.78 is 0. The van der Waals surface area contributed by atoms with E-state index in [1.807, 2.05) is 35.3 Å². The molecule has 0 spiro atoms. The summed E-state index contributed by atoms with van der Waals surface area (Å²) in [5.74, 6) is -0.404. The fraction of sp³-hybridized carbons (Fsp3) is 0.500. The van der Waals surface area contributed by atoms with Crippen LogP contribution in [-0.4, -0.2) is 23.7 Å². The Balaban J connectivity index is 1.98. The molecule has 18 heavy (non-hydrogen) atoms. The van der Waals surface area contributed by atoms with Crippen molar-refractivity contribution >= 4 is 11.6 Å². The van der Waals surface area contributed by atoms with Gasteiger partial charge >= 0.3 is 0 Å². The summed E-state index contributed by atoms with van der Waals surface area (Å²) in [6, 6.07) is 9.70. The van der Waals surface area contributed by atoms with Crippen LogP contribution >= 0.6 is 0 Å². The van der Waals surface area contributed by atoms with Crippen molar-refractivity contribution in [3.63, 3.8) is 0 Å². The first-order valence-electron chi connectivity index (χ1n) is 6.53. The van der Waals surface area contributed by atoms with Crippen molar-refractivity contribution in [2.45, 2.75) is 32.3 Å². The molecule has 2 atom stereocenters. The molecular formula is C14H20N2O2. The first-order valence-corrected chi connectivity index (χ1v) is 6.53. The van der Waals surface area contributed by atoms with Crippen LogP contribution in [0.5, 0.6) is 0 Å². The molecule has 0 radical (unpaired) electrons. The monoisotopic (exact) mass is 248 g/mol. The third-order valence-electron chi connectivity index (χ3n) is 3.35. The number of hydrazine groups is 1. The largest absolute Gasteiger partial charge is 0.392 e. The average Bonchev–Trinajstić information content (AvgIpc) is 2.79.